The van der Waals surface area contributed by atoms with Crippen molar-refractivity contribution in [2.45, 2.75) is 44.0 Å². The maximum absolute atomic E-state index is 3.45. The van der Waals surface area contributed by atoms with Gasteiger partial charge in [0.2, 0.25) is 0 Å². The molecule has 1 heterocycles. The van der Waals surface area contributed by atoms with Crippen molar-refractivity contribution in [2.75, 3.05) is 18.0 Å². The van der Waals surface area contributed by atoms with Crippen LogP contribution in [0.2, 0.25) is 0 Å². The van der Waals surface area contributed by atoms with Gasteiger partial charge in [0.1, 0.15) is 0 Å². The summed E-state index contributed by atoms with van der Waals surface area (Å²) in [6.07, 6.45) is 8.16. The molecule has 1 aliphatic carbocycles. The zero-order chi connectivity index (χ0) is 14.7. The molecular formula is C18H24N2S. The maximum Gasteiger partial charge on any atom is 0.0555 e. The quantitative estimate of drug-likeness (QED) is 0.803. The van der Waals surface area contributed by atoms with Gasteiger partial charge in [0.05, 0.1) is 11.4 Å². The van der Waals surface area contributed by atoms with Gasteiger partial charge < -0.3 is 10.2 Å². The Labute approximate surface area is 132 Å². The summed E-state index contributed by atoms with van der Waals surface area (Å²) in [6.45, 7) is 6.64. The molecule has 0 radical (unpaired) electrons. The van der Waals surface area contributed by atoms with Crippen molar-refractivity contribution >= 4 is 17.4 Å². The number of thioether (sulfide) groups is 1. The first-order valence-electron chi connectivity index (χ1n) is 7.97. The van der Waals surface area contributed by atoms with Crippen molar-refractivity contribution in [3.05, 3.63) is 47.0 Å². The standard InChI is InChI=1S/C18H24N2S/c1-3-19-13-12-14(2)20-15-8-4-6-10-17(15)21-18-11-7-5-9-16(18)20/h4-6,8-10,14,19H,3,7,11-13H2,1-2H3. The third-order valence-corrected chi connectivity index (χ3v) is 5.37. The molecule has 1 unspecified atom stereocenters. The SMILES string of the molecule is CCNCCC(C)N1C2=C(CCC=C2)Sc2ccccc21. The van der Waals surface area contributed by atoms with Gasteiger partial charge in [0.15, 0.2) is 0 Å². The summed E-state index contributed by atoms with van der Waals surface area (Å²) in [7, 11) is 0. The number of hydrogen-bond acceptors (Lipinski definition) is 3. The van der Waals surface area contributed by atoms with Gasteiger partial charge >= 0.3 is 0 Å². The maximum atomic E-state index is 3.45. The topological polar surface area (TPSA) is 15.3 Å². The smallest absolute Gasteiger partial charge is 0.0555 e. The van der Waals surface area contributed by atoms with Crippen LogP contribution in [0.15, 0.2) is 51.9 Å². The molecule has 0 aromatic heterocycles. The van der Waals surface area contributed by atoms with E-state index in [0.717, 1.165) is 19.5 Å². The number of benzene rings is 1. The minimum atomic E-state index is 0.513. The highest BCUT2D eigenvalue weighted by Gasteiger charge is 2.28. The summed E-state index contributed by atoms with van der Waals surface area (Å²) in [5.41, 5.74) is 2.80. The van der Waals surface area contributed by atoms with E-state index in [1.807, 2.05) is 11.8 Å². The lowest BCUT2D eigenvalue weighted by Gasteiger charge is -2.39. The molecule has 3 rings (SSSR count). The Morgan fingerprint density at radius 1 is 1.33 bits per heavy atom. The number of nitrogens with zero attached hydrogens (tertiary/aromatic N) is 1. The van der Waals surface area contributed by atoms with Crippen LogP contribution < -0.4 is 10.2 Å². The van der Waals surface area contributed by atoms with Gasteiger partial charge in [-0.25, -0.2) is 0 Å². The number of fused-ring (bicyclic) bond motifs is 1. The number of hydrogen-bond donors (Lipinski definition) is 1. The molecule has 2 nitrogen and oxygen atoms in total. The first-order valence-corrected chi connectivity index (χ1v) is 8.79. The van der Waals surface area contributed by atoms with E-state index < -0.39 is 0 Å². The van der Waals surface area contributed by atoms with E-state index >= 15 is 0 Å². The van der Waals surface area contributed by atoms with Gasteiger partial charge in [-0.2, -0.15) is 0 Å². The van der Waals surface area contributed by atoms with Gasteiger partial charge in [-0.15, -0.1) is 0 Å². The third kappa shape index (κ3) is 3.04. The van der Waals surface area contributed by atoms with E-state index in [-0.39, 0.29) is 0 Å². The Balaban J connectivity index is 1.90. The summed E-state index contributed by atoms with van der Waals surface area (Å²) in [5, 5.41) is 3.45. The van der Waals surface area contributed by atoms with Gasteiger partial charge in [-0.05, 0) is 57.5 Å². The Bertz CT molecular complexity index is 562. The van der Waals surface area contributed by atoms with Crippen LogP contribution in [0, 0.1) is 0 Å². The molecule has 1 aromatic rings. The van der Waals surface area contributed by atoms with E-state index in [2.05, 4.69) is 60.5 Å². The predicted molar refractivity (Wildman–Crippen MR) is 92.8 cm³/mol. The summed E-state index contributed by atoms with van der Waals surface area (Å²) >= 11 is 1.96. The molecule has 0 amide bonds. The molecule has 0 saturated heterocycles. The summed E-state index contributed by atoms with van der Waals surface area (Å²) < 4.78 is 0. The Kier molecular flexibility index (Phi) is 4.71. The van der Waals surface area contributed by atoms with Crippen molar-refractivity contribution < 1.29 is 0 Å². The Hall–Kier alpha value is -1.19. The average molecular weight is 300 g/mol. The molecule has 3 heteroatoms. The van der Waals surface area contributed by atoms with Crippen LogP contribution >= 0.6 is 11.8 Å². The summed E-state index contributed by atoms with van der Waals surface area (Å²) in [6, 6.07) is 9.34. The van der Waals surface area contributed by atoms with Crippen molar-refractivity contribution in [1.29, 1.82) is 0 Å². The molecule has 0 bridgehead atoms. The first-order chi connectivity index (χ1) is 10.3. The Morgan fingerprint density at radius 2 is 2.19 bits per heavy atom. The minimum absolute atomic E-state index is 0.513. The van der Waals surface area contributed by atoms with E-state index in [0.29, 0.717) is 6.04 Å². The molecule has 1 aromatic carbocycles. The van der Waals surface area contributed by atoms with Crippen LogP contribution in [0.4, 0.5) is 5.69 Å². The van der Waals surface area contributed by atoms with Crippen LogP contribution in [0.5, 0.6) is 0 Å². The molecule has 1 aliphatic heterocycles. The highest BCUT2D eigenvalue weighted by Crippen LogP contribution is 2.47. The first kappa shape index (κ1) is 14.7. The number of nitrogens with one attached hydrogen (secondary N) is 1. The lowest BCUT2D eigenvalue weighted by molar-refractivity contribution is 0.580. The molecule has 1 atom stereocenters. The zero-order valence-electron chi connectivity index (χ0n) is 12.9. The van der Waals surface area contributed by atoms with Crippen molar-refractivity contribution in [3.63, 3.8) is 0 Å². The molecule has 1 N–H and O–H groups in total. The van der Waals surface area contributed by atoms with Crippen molar-refractivity contribution in [2.24, 2.45) is 0 Å². The lowest BCUT2D eigenvalue weighted by atomic mass is 10.1. The van der Waals surface area contributed by atoms with Gasteiger partial charge in [-0.1, -0.05) is 36.9 Å². The van der Waals surface area contributed by atoms with E-state index in [1.54, 1.807) is 0 Å². The fraction of sp³-hybridized carbons (Fsp3) is 0.444. The molecule has 2 aliphatic rings. The highest BCUT2D eigenvalue weighted by molar-refractivity contribution is 8.03. The predicted octanol–water partition coefficient (Wildman–Crippen LogP) is 4.55. The van der Waals surface area contributed by atoms with Crippen molar-refractivity contribution in [3.8, 4) is 0 Å². The number of para-hydroxylation sites is 1. The molecule has 0 spiro atoms. The molecule has 0 saturated carbocycles. The largest absolute Gasteiger partial charge is 0.337 e. The molecule has 0 fully saturated rings. The zero-order valence-corrected chi connectivity index (χ0v) is 13.7. The molecule has 112 valence electrons. The van der Waals surface area contributed by atoms with Crippen molar-refractivity contribution in [1.82, 2.24) is 5.32 Å². The van der Waals surface area contributed by atoms with Gasteiger partial charge in [0.25, 0.3) is 0 Å². The normalized spacial score (nSPS) is 18.5. The fourth-order valence-electron chi connectivity index (χ4n) is 3.05. The lowest BCUT2D eigenvalue weighted by Crippen LogP contribution is -2.36. The number of allylic oxidation sites excluding steroid dienone is 3. The van der Waals surface area contributed by atoms with Crippen LogP contribution in [0.1, 0.15) is 33.1 Å². The number of anilines is 1. The number of rotatable bonds is 5. The fourth-order valence-corrected chi connectivity index (χ4v) is 4.22. The van der Waals surface area contributed by atoms with Gasteiger partial charge in [0, 0.05) is 15.8 Å². The summed E-state index contributed by atoms with van der Waals surface area (Å²) in [4.78, 5) is 5.49. The van der Waals surface area contributed by atoms with Gasteiger partial charge in [-0.3, -0.25) is 0 Å². The van der Waals surface area contributed by atoms with E-state index in [9.17, 15) is 0 Å². The van der Waals surface area contributed by atoms with Crippen LogP contribution in [0.3, 0.4) is 0 Å². The monoisotopic (exact) mass is 300 g/mol. The second-order valence-electron chi connectivity index (χ2n) is 5.68. The second-order valence-corrected chi connectivity index (χ2v) is 6.82. The highest BCUT2D eigenvalue weighted by atomic mass is 32.2. The van der Waals surface area contributed by atoms with E-state index in [4.69, 9.17) is 0 Å². The van der Waals surface area contributed by atoms with Crippen LogP contribution in [-0.2, 0) is 0 Å². The van der Waals surface area contributed by atoms with Crippen LogP contribution in [-0.4, -0.2) is 19.1 Å². The summed E-state index contributed by atoms with van der Waals surface area (Å²) in [5.74, 6) is 0. The third-order valence-electron chi connectivity index (χ3n) is 4.15. The Morgan fingerprint density at radius 3 is 3.05 bits per heavy atom. The molecular weight excluding hydrogens is 276 g/mol. The van der Waals surface area contributed by atoms with E-state index in [1.165, 1.54) is 34.0 Å². The van der Waals surface area contributed by atoms with Crippen LogP contribution in [0.25, 0.3) is 0 Å². The minimum Gasteiger partial charge on any atom is -0.337 e. The average Bonchev–Trinajstić information content (AvgIpc) is 2.52. The molecule has 21 heavy (non-hydrogen) atoms. The second kappa shape index (κ2) is 6.71.